The fourth-order valence-electron chi connectivity index (χ4n) is 1.79. The predicted octanol–water partition coefficient (Wildman–Crippen LogP) is 4.72. The van der Waals surface area contributed by atoms with Crippen LogP contribution in [0, 0.1) is 0 Å². The quantitative estimate of drug-likeness (QED) is 0.742. The molecule has 0 aliphatic carbocycles. The molecule has 5 heteroatoms. The molecule has 0 fully saturated rings. The van der Waals surface area contributed by atoms with Crippen LogP contribution in [-0.4, -0.2) is 12.7 Å². The molecule has 0 heterocycles. The first-order valence-electron chi connectivity index (χ1n) is 6.49. The molecule has 1 aromatic rings. The molecular weight excluding hydrogens is 316 g/mol. The average Bonchev–Trinajstić information content (AvgIpc) is 2.36. The maximum atomic E-state index is 12.3. The zero-order chi connectivity index (χ0) is 14.3. The van der Waals surface area contributed by atoms with Crippen LogP contribution in [0.1, 0.15) is 38.7 Å². The molecule has 0 aliphatic rings. The van der Waals surface area contributed by atoms with Crippen LogP contribution in [0.15, 0.2) is 22.7 Å². The second kappa shape index (κ2) is 8.48. The van der Waals surface area contributed by atoms with Gasteiger partial charge in [0, 0.05) is 22.6 Å². The number of ether oxygens (including phenoxy) is 1. The molecule has 0 spiro atoms. The molecule has 19 heavy (non-hydrogen) atoms. The van der Waals surface area contributed by atoms with Crippen molar-refractivity contribution in [2.45, 2.75) is 52.3 Å². The van der Waals surface area contributed by atoms with E-state index in [2.05, 4.69) is 39.8 Å². The summed E-state index contributed by atoms with van der Waals surface area (Å²) in [6.07, 6.45) is 3.39. The van der Waals surface area contributed by atoms with Crippen molar-refractivity contribution in [1.82, 2.24) is 5.32 Å². The number of alkyl halides is 2. The van der Waals surface area contributed by atoms with E-state index in [-0.39, 0.29) is 5.75 Å². The summed E-state index contributed by atoms with van der Waals surface area (Å²) in [5, 5.41) is 3.33. The molecule has 0 saturated carbocycles. The third kappa shape index (κ3) is 6.34. The normalized spacial score (nSPS) is 12.7. The van der Waals surface area contributed by atoms with E-state index in [0.29, 0.717) is 12.6 Å². The second-order valence-corrected chi connectivity index (χ2v) is 5.47. The van der Waals surface area contributed by atoms with Crippen LogP contribution in [-0.2, 0) is 6.54 Å². The van der Waals surface area contributed by atoms with E-state index in [1.807, 2.05) is 0 Å². The Balaban J connectivity index is 2.62. The van der Waals surface area contributed by atoms with Gasteiger partial charge in [-0.15, -0.1) is 0 Å². The van der Waals surface area contributed by atoms with Crippen LogP contribution < -0.4 is 10.1 Å². The molecular formula is C14H20BrF2NO. The van der Waals surface area contributed by atoms with Gasteiger partial charge in [0.1, 0.15) is 5.75 Å². The zero-order valence-electron chi connectivity index (χ0n) is 11.3. The lowest BCUT2D eigenvalue weighted by molar-refractivity contribution is -0.0505. The molecule has 0 bridgehead atoms. The van der Waals surface area contributed by atoms with Crippen LogP contribution in [0.25, 0.3) is 0 Å². The molecule has 1 unspecified atom stereocenters. The summed E-state index contributed by atoms with van der Waals surface area (Å²) < 4.78 is 30.0. The van der Waals surface area contributed by atoms with Crippen LogP contribution in [0.3, 0.4) is 0 Å². The van der Waals surface area contributed by atoms with Gasteiger partial charge in [-0.05, 0) is 31.5 Å². The minimum atomic E-state index is -2.79. The highest BCUT2D eigenvalue weighted by molar-refractivity contribution is 9.10. The molecule has 1 aromatic carbocycles. The molecule has 0 amide bonds. The molecule has 0 radical (unpaired) electrons. The van der Waals surface area contributed by atoms with E-state index in [1.165, 1.54) is 0 Å². The van der Waals surface area contributed by atoms with Gasteiger partial charge in [-0.2, -0.15) is 8.78 Å². The van der Waals surface area contributed by atoms with Gasteiger partial charge < -0.3 is 10.1 Å². The lowest BCUT2D eigenvalue weighted by atomic mass is 10.1. The largest absolute Gasteiger partial charge is 0.434 e. The smallest absolute Gasteiger partial charge is 0.387 e. The zero-order valence-corrected chi connectivity index (χ0v) is 12.8. The highest BCUT2D eigenvalue weighted by atomic mass is 79.9. The topological polar surface area (TPSA) is 21.3 Å². The summed E-state index contributed by atoms with van der Waals surface area (Å²) in [5.41, 5.74) is 0.734. The van der Waals surface area contributed by atoms with E-state index in [0.717, 1.165) is 29.3 Å². The first kappa shape index (κ1) is 16.4. The van der Waals surface area contributed by atoms with E-state index in [4.69, 9.17) is 0 Å². The first-order valence-corrected chi connectivity index (χ1v) is 7.28. The van der Waals surface area contributed by atoms with Crippen molar-refractivity contribution in [3.8, 4) is 5.75 Å². The van der Waals surface area contributed by atoms with Crippen LogP contribution in [0.4, 0.5) is 8.78 Å². The predicted molar refractivity (Wildman–Crippen MR) is 76.6 cm³/mol. The standard InChI is InChI=1S/C14H20BrF2NO/c1-3-4-5-10(2)18-9-11-8-12(15)6-7-13(11)19-14(16)17/h6-8,10,14,18H,3-5,9H2,1-2H3. The Hall–Kier alpha value is -0.680. The molecule has 1 rings (SSSR count). The Kier molecular flexibility index (Phi) is 7.31. The number of hydrogen-bond donors (Lipinski definition) is 1. The highest BCUT2D eigenvalue weighted by Gasteiger charge is 2.11. The summed E-state index contributed by atoms with van der Waals surface area (Å²) in [4.78, 5) is 0. The van der Waals surface area contributed by atoms with Crippen molar-refractivity contribution >= 4 is 15.9 Å². The van der Waals surface area contributed by atoms with Gasteiger partial charge in [0.05, 0.1) is 0 Å². The van der Waals surface area contributed by atoms with Crippen LogP contribution in [0.2, 0.25) is 0 Å². The SMILES string of the molecule is CCCCC(C)NCc1cc(Br)ccc1OC(F)F. The molecule has 0 saturated heterocycles. The summed E-state index contributed by atoms with van der Waals surface area (Å²) in [6.45, 7) is 1.97. The maximum absolute atomic E-state index is 12.3. The highest BCUT2D eigenvalue weighted by Crippen LogP contribution is 2.24. The van der Waals surface area contributed by atoms with Gasteiger partial charge in [-0.1, -0.05) is 35.7 Å². The van der Waals surface area contributed by atoms with Crippen molar-refractivity contribution in [3.05, 3.63) is 28.2 Å². The van der Waals surface area contributed by atoms with Crippen molar-refractivity contribution < 1.29 is 13.5 Å². The molecule has 0 aliphatic heterocycles. The van der Waals surface area contributed by atoms with Crippen molar-refractivity contribution in [2.24, 2.45) is 0 Å². The van der Waals surface area contributed by atoms with Crippen molar-refractivity contribution in [1.29, 1.82) is 0 Å². The van der Waals surface area contributed by atoms with Gasteiger partial charge in [0.2, 0.25) is 0 Å². The fraction of sp³-hybridized carbons (Fsp3) is 0.571. The number of rotatable bonds is 8. The third-order valence-corrected chi connectivity index (χ3v) is 3.36. The van der Waals surface area contributed by atoms with E-state index >= 15 is 0 Å². The molecule has 0 aromatic heterocycles. The Labute approximate surface area is 121 Å². The minimum Gasteiger partial charge on any atom is -0.434 e. The summed E-state index contributed by atoms with van der Waals surface area (Å²) in [5.74, 6) is 0.230. The minimum absolute atomic E-state index is 0.230. The Morgan fingerprint density at radius 2 is 2.11 bits per heavy atom. The molecule has 2 nitrogen and oxygen atoms in total. The van der Waals surface area contributed by atoms with Gasteiger partial charge in [0.15, 0.2) is 0 Å². The lowest BCUT2D eigenvalue weighted by Crippen LogP contribution is -2.25. The maximum Gasteiger partial charge on any atom is 0.387 e. The molecule has 1 atom stereocenters. The fourth-order valence-corrected chi connectivity index (χ4v) is 2.20. The summed E-state index contributed by atoms with van der Waals surface area (Å²) in [6, 6.07) is 5.42. The number of nitrogens with one attached hydrogen (secondary N) is 1. The Morgan fingerprint density at radius 3 is 2.74 bits per heavy atom. The van der Waals surface area contributed by atoms with Crippen molar-refractivity contribution in [3.63, 3.8) is 0 Å². The number of benzene rings is 1. The monoisotopic (exact) mass is 335 g/mol. The molecule has 108 valence electrons. The number of halogens is 3. The van der Waals surface area contributed by atoms with E-state index in [9.17, 15) is 8.78 Å². The number of unbranched alkanes of at least 4 members (excludes halogenated alkanes) is 1. The Morgan fingerprint density at radius 1 is 1.37 bits per heavy atom. The van der Waals surface area contributed by atoms with Crippen LogP contribution in [0.5, 0.6) is 5.75 Å². The van der Waals surface area contributed by atoms with Gasteiger partial charge >= 0.3 is 6.61 Å². The van der Waals surface area contributed by atoms with E-state index < -0.39 is 6.61 Å². The number of hydrogen-bond acceptors (Lipinski definition) is 2. The van der Waals surface area contributed by atoms with Gasteiger partial charge in [-0.3, -0.25) is 0 Å². The van der Waals surface area contributed by atoms with E-state index in [1.54, 1.807) is 18.2 Å². The van der Waals surface area contributed by atoms with Gasteiger partial charge in [0.25, 0.3) is 0 Å². The first-order chi connectivity index (χ1) is 9.02. The summed E-state index contributed by atoms with van der Waals surface area (Å²) >= 11 is 3.34. The van der Waals surface area contributed by atoms with Crippen molar-refractivity contribution in [2.75, 3.05) is 0 Å². The third-order valence-electron chi connectivity index (χ3n) is 2.87. The summed E-state index contributed by atoms with van der Waals surface area (Å²) in [7, 11) is 0. The average molecular weight is 336 g/mol. The van der Waals surface area contributed by atoms with Gasteiger partial charge in [-0.25, -0.2) is 0 Å². The second-order valence-electron chi connectivity index (χ2n) is 4.55. The molecule has 1 N–H and O–H groups in total. The van der Waals surface area contributed by atoms with Crippen LogP contribution >= 0.6 is 15.9 Å². The lowest BCUT2D eigenvalue weighted by Gasteiger charge is -2.16. The Bertz CT molecular complexity index is 388.